The third-order valence-electron chi connectivity index (χ3n) is 6.75. The lowest BCUT2D eigenvalue weighted by Gasteiger charge is -2.35. The van der Waals surface area contributed by atoms with E-state index in [0.717, 1.165) is 0 Å². The van der Waals surface area contributed by atoms with Crippen LogP contribution >= 0.6 is 0 Å². The van der Waals surface area contributed by atoms with Gasteiger partial charge in [0, 0.05) is 11.1 Å². The Morgan fingerprint density at radius 1 is 0.433 bits per heavy atom. The molecule has 0 bridgehead atoms. The van der Waals surface area contributed by atoms with Gasteiger partial charge in [-0.2, -0.15) is 0 Å². The van der Waals surface area contributed by atoms with E-state index >= 15 is 0 Å². The summed E-state index contributed by atoms with van der Waals surface area (Å²) in [7, 11) is 0. The summed E-state index contributed by atoms with van der Waals surface area (Å²) < 4.78 is 2.40. The molecule has 0 heterocycles. The Morgan fingerprint density at radius 2 is 0.667 bits per heavy atom. The van der Waals surface area contributed by atoms with E-state index in [2.05, 4.69) is 102 Å². The molecule has 2 rings (SSSR count). The Balaban J connectivity index is 0. The van der Waals surface area contributed by atoms with Gasteiger partial charge in [-0.25, -0.2) is 0 Å². The first-order valence-electron chi connectivity index (χ1n) is 11.3. The Bertz CT molecular complexity index is 550. The van der Waals surface area contributed by atoms with Crippen LogP contribution in [0.1, 0.15) is 52.7 Å². The highest BCUT2D eigenvalue weighted by Gasteiger charge is 2.21. The topological polar surface area (TPSA) is 60.0 Å². The third kappa shape index (κ3) is 9.40. The van der Waals surface area contributed by atoms with E-state index in [4.69, 9.17) is 0 Å². The van der Waals surface area contributed by atoms with Gasteiger partial charge in [-0.05, 0) is 41.5 Å². The van der Waals surface area contributed by atoms with Gasteiger partial charge in [-0.15, -0.1) is 0 Å². The van der Waals surface area contributed by atoms with Crippen LogP contribution in [-0.2, 0) is 13.1 Å². The molecule has 0 aliphatic heterocycles. The van der Waals surface area contributed by atoms with Crippen molar-refractivity contribution >= 4 is 0 Å². The lowest BCUT2D eigenvalue weighted by atomic mass is 10.2. The van der Waals surface area contributed by atoms with Crippen molar-refractivity contribution in [1.29, 1.82) is 0 Å². The summed E-state index contributed by atoms with van der Waals surface area (Å²) >= 11 is 0. The van der Waals surface area contributed by atoms with Crippen molar-refractivity contribution < 1.29 is 19.9 Å². The van der Waals surface area contributed by atoms with Crippen LogP contribution in [0.25, 0.3) is 0 Å². The number of rotatable bonds is 10. The van der Waals surface area contributed by atoms with Crippen LogP contribution in [0.15, 0.2) is 60.7 Å². The van der Waals surface area contributed by atoms with Crippen molar-refractivity contribution in [1.82, 2.24) is 0 Å². The minimum atomic E-state index is 0. The lowest BCUT2D eigenvalue weighted by Crippen LogP contribution is -2.46. The summed E-state index contributed by atoms with van der Waals surface area (Å²) in [5.41, 5.74) is 2.91. The Morgan fingerprint density at radius 3 is 0.867 bits per heavy atom. The molecule has 4 heteroatoms. The molecule has 0 spiro atoms. The van der Waals surface area contributed by atoms with Crippen LogP contribution in [0.5, 0.6) is 0 Å². The maximum Gasteiger partial charge on any atom is 0.104 e. The molecule has 0 radical (unpaired) electrons. The van der Waals surface area contributed by atoms with Crippen LogP contribution in [0.4, 0.5) is 0 Å². The lowest BCUT2D eigenvalue weighted by molar-refractivity contribution is -0.936. The molecule has 0 aromatic heterocycles. The highest BCUT2D eigenvalue weighted by molar-refractivity contribution is 5.14. The molecule has 30 heavy (non-hydrogen) atoms. The van der Waals surface area contributed by atoms with E-state index in [1.165, 1.54) is 72.5 Å². The van der Waals surface area contributed by atoms with Crippen molar-refractivity contribution in [3.63, 3.8) is 0 Å². The predicted octanol–water partition coefficient (Wildman–Crippen LogP) is 5.77. The average molecular weight is 419 g/mol. The molecular weight excluding hydrogens is 372 g/mol. The largest absolute Gasteiger partial charge is 0.870 e. The maximum atomic E-state index is 2.29. The molecule has 0 unspecified atom stereocenters. The van der Waals surface area contributed by atoms with Crippen LogP contribution in [0.3, 0.4) is 0 Å². The summed E-state index contributed by atoms with van der Waals surface area (Å²) in [4.78, 5) is 0. The van der Waals surface area contributed by atoms with Gasteiger partial charge in [0.25, 0.3) is 0 Å². The Kier molecular flexibility index (Phi) is 16.3. The Hall–Kier alpha value is -1.72. The van der Waals surface area contributed by atoms with Crippen molar-refractivity contribution in [3.8, 4) is 0 Å². The van der Waals surface area contributed by atoms with Gasteiger partial charge in [0.05, 0.1) is 39.3 Å². The second-order valence-electron chi connectivity index (χ2n) is 7.87. The van der Waals surface area contributed by atoms with Crippen LogP contribution in [-0.4, -0.2) is 59.2 Å². The normalized spacial score (nSPS) is 10.9. The summed E-state index contributed by atoms with van der Waals surface area (Å²) in [6, 6.07) is 21.6. The minimum absolute atomic E-state index is 0. The van der Waals surface area contributed by atoms with Gasteiger partial charge < -0.3 is 19.9 Å². The number of nitrogens with zero attached hydrogens (tertiary/aromatic N) is 2. The van der Waals surface area contributed by atoms with E-state index in [1.54, 1.807) is 0 Å². The number of quaternary nitrogens is 2. The zero-order valence-corrected chi connectivity index (χ0v) is 20.2. The fraction of sp³-hybridized carbons (Fsp3) is 0.538. The van der Waals surface area contributed by atoms with Crippen molar-refractivity contribution in [2.75, 3.05) is 39.3 Å². The molecule has 0 saturated heterocycles. The molecule has 4 nitrogen and oxygen atoms in total. The van der Waals surface area contributed by atoms with Gasteiger partial charge in [0.1, 0.15) is 13.1 Å². The SMILES string of the molecule is CC[N+](CC)(CC)Cc1ccccc1.CC[N+](CC)(CC)Cc1ccccc1.[OH-].[OH-]. The van der Waals surface area contributed by atoms with Gasteiger partial charge in [-0.3, -0.25) is 0 Å². The first-order chi connectivity index (χ1) is 13.5. The van der Waals surface area contributed by atoms with Gasteiger partial charge >= 0.3 is 0 Å². The predicted molar refractivity (Wildman–Crippen MR) is 128 cm³/mol. The smallest absolute Gasteiger partial charge is 0.104 e. The zero-order chi connectivity index (χ0) is 20.9. The van der Waals surface area contributed by atoms with E-state index < -0.39 is 0 Å². The summed E-state index contributed by atoms with van der Waals surface area (Å²) in [6.45, 7) is 23.4. The summed E-state index contributed by atoms with van der Waals surface area (Å²) in [5.74, 6) is 0. The number of benzene rings is 2. The molecule has 172 valence electrons. The first-order valence-corrected chi connectivity index (χ1v) is 11.3. The van der Waals surface area contributed by atoms with Crippen molar-refractivity contribution in [2.45, 2.75) is 54.6 Å². The van der Waals surface area contributed by atoms with Crippen molar-refractivity contribution in [2.24, 2.45) is 0 Å². The highest BCUT2D eigenvalue weighted by Crippen LogP contribution is 2.14. The standard InChI is InChI=1S/2C13H22N.2H2O/c2*1-4-14(5-2,6-3)12-13-10-8-7-9-11-13;;/h2*7-11H,4-6,12H2,1-3H3;2*1H2/q2*+1;;/p-2. The Labute approximate surface area is 186 Å². The summed E-state index contributed by atoms with van der Waals surface area (Å²) in [6.07, 6.45) is 0. The fourth-order valence-electron chi connectivity index (χ4n) is 3.95. The fourth-order valence-corrected chi connectivity index (χ4v) is 3.95. The van der Waals surface area contributed by atoms with Gasteiger partial charge in [-0.1, -0.05) is 60.7 Å². The molecule has 0 amide bonds. The van der Waals surface area contributed by atoms with Crippen LogP contribution < -0.4 is 0 Å². The van der Waals surface area contributed by atoms with Crippen LogP contribution in [0.2, 0.25) is 0 Å². The monoisotopic (exact) mass is 418 g/mol. The molecule has 2 aromatic carbocycles. The maximum absolute atomic E-state index is 2.29. The van der Waals surface area contributed by atoms with Crippen LogP contribution in [0, 0.1) is 0 Å². The molecule has 2 aromatic rings. The van der Waals surface area contributed by atoms with Crippen molar-refractivity contribution in [3.05, 3.63) is 71.8 Å². The van der Waals surface area contributed by atoms with Gasteiger partial charge in [0.2, 0.25) is 0 Å². The third-order valence-corrected chi connectivity index (χ3v) is 6.75. The quantitative estimate of drug-likeness (QED) is 0.460. The summed E-state index contributed by atoms with van der Waals surface area (Å²) in [5, 5.41) is 0. The average Bonchev–Trinajstić information content (AvgIpc) is 2.78. The van der Waals surface area contributed by atoms with E-state index in [0.29, 0.717) is 0 Å². The number of hydrogen-bond donors (Lipinski definition) is 0. The molecular formula is C26H46N2O2. The van der Waals surface area contributed by atoms with E-state index in [-0.39, 0.29) is 11.0 Å². The molecule has 0 atom stereocenters. The molecule has 2 N–H and O–H groups in total. The number of hydrogen-bond acceptors (Lipinski definition) is 2. The van der Waals surface area contributed by atoms with E-state index in [9.17, 15) is 0 Å². The first kappa shape index (κ1) is 30.5. The molecule has 0 aliphatic carbocycles. The zero-order valence-electron chi connectivity index (χ0n) is 20.2. The second-order valence-corrected chi connectivity index (χ2v) is 7.87. The molecule has 0 aliphatic rings. The van der Waals surface area contributed by atoms with Gasteiger partial charge in [0.15, 0.2) is 0 Å². The molecule has 0 saturated carbocycles. The second kappa shape index (κ2) is 16.0. The highest BCUT2D eigenvalue weighted by atomic mass is 16.0. The molecule has 0 fully saturated rings. The minimum Gasteiger partial charge on any atom is -0.870 e. The van der Waals surface area contributed by atoms with E-state index in [1.807, 2.05) is 0 Å².